The zero-order valence-corrected chi connectivity index (χ0v) is 14.1. The first-order valence-corrected chi connectivity index (χ1v) is 7.73. The highest BCUT2D eigenvalue weighted by Crippen LogP contribution is 2.32. The number of alkyl halides is 3. The fraction of sp³-hybridized carbons (Fsp3) is 0.167. The summed E-state index contributed by atoms with van der Waals surface area (Å²) in [4.78, 5) is 23.0. The van der Waals surface area contributed by atoms with Gasteiger partial charge in [-0.15, -0.1) is 0 Å². The zero-order valence-electron chi connectivity index (χ0n) is 14.1. The molecule has 2 N–H and O–H groups in total. The molecule has 0 aliphatic carbocycles. The van der Waals surface area contributed by atoms with Crippen LogP contribution in [-0.2, 0) is 15.8 Å². The summed E-state index contributed by atoms with van der Waals surface area (Å²) in [7, 11) is 0. The van der Waals surface area contributed by atoms with Crippen LogP contribution in [0.3, 0.4) is 0 Å². The van der Waals surface area contributed by atoms with E-state index in [4.69, 9.17) is 9.68 Å². The van der Waals surface area contributed by atoms with Crippen molar-refractivity contribution in [2.75, 3.05) is 0 Å². The Bertz CT molecular complexity index is 924. The number of nitrogens with zero attached hydrogens (tertiary/aromatic N) is 1. The summed E-state index contributed by atoms with van der Waals surface area (Å²) < 4.78 is 43.8. The van der Waals surface area contributed by atoms with Crippen molar-refractivity contribution in [3.63, 3.8) is 0 Å². The van der Waals surface area contributed by atoms with Gasteiger partial charge in [0, 0.05) is 18.1 Å². The van der Waals surface area contributed by atoms with Gasteiger partial charge in [-0.3, -0.25) is 20.4 Å². The van der Waals surface area contributed by atoms with Crippen LogP contribution in [0.25, 0.3) is 17.4 Å². The highest BCUT2D eigenvalue weighted by atomic mass is 19.4. The lowest BCUT2D eigenvalue weighted by Gasteiger charge is -2.07. The number of amides is 2. The van der Waals surface area contributed by atoms with Crippen LogP contribution in [0.2, 0.25) is 0 Å². The number of rotatable bonds is 4. The van der Waals surface area contributed by atoms with Crippen LogP contribution in [0.15, 0.2) is 46.4 Å². The molecule has 2 amide bonds. The zero-order chi connectivity index (χ0) is 20.0. The lowest BCUT2D eigenvalue weighted by molar-refractivity contribution is -0.137. The van der Waals surface area contributed by atoms with E-state index in [0.29, 0.717) is 0 Å². The summed E-state index contributed by atoms with van der Waals surface area (Å²) in [6.45, 7) is 1.58. The molecule has 0 saturated heterocycles. The topological polar surface area (TPSA) is 95.1 Å². The first-order valence-electron chi connectivity index (χ1n) is 7.73. The Kier molecular flexibility index (Phi) is 6.03. The molecule has 0 saturated carbocycles. The first kappa shape index (κ1) is 19.8. The van der Waals surface area contributed by atoms with E-state index in [1.807, 2.05) is 0 Å². The Morgan fingerprint density at radius 1 is 1.22 bits per heavy atom. The molecule has 2 rings (SSSR count). The van der Waals surface area contributed by atoms with Gasteiger partial charge in [0.1, 0.15) is 23.2 Å². The van der Waals surface area contributed by atoms with Crippen molar-refractivity contribution in [2.45, 2.75) is 19.5 Å². The monoisotopic (exact) mass is 377 g/mol. The maximum Gasteiger partial charge on any atom is 0.416 e. The minimum Gasteiger partial charge on any atom is -0.457 e. The second-order valence-electron chi connectivity index (χ2n) is 5.31. The highest BCUT2D eigenvalue weighted by Gasteiger charge is 2.30. The van der Waals surface area contributed by atoms with Crippen molar-refractivity contribution in [3.05, 3.63) is 53.3 Å². The molecule has 140 valence electrons. The van der Waals surface area contributed by atoms with Gasteiger partial charge in [-0.1, -0.05) is 19.1 Å². The third kappa shape index (κ3) is 5.22. The van der Waals surface area contributed by atoms with Gasteiger partial charge in [-0.2, -0.15) is 18.4 Å². The van der Waals surface area contributed by atoms with Crippen LogP contribution in [0.4, 0.5) is 13.2 Å². The first-order chi connectivity index (χ1) is 12.7. The molecule has 6 nitrogen and oxygen atoms in total. The van der Waals surface area contributed by atoms with Gasteiger partial charge in [-0.05, 0) is 24.3 Å². The number of carbonyl (C=O) groups excluding carboxylic acids is 2. The largest absolute Gasteiger partial charge is 0.457 e. The van der Waals surface area contributed by atoms with Gasteiger partial charge < -0.3 is 4.42 Å². The van der Waals surface area contributed by atoms with Crippen molar-refractivity contribution >= 4 is 17.9 Å². The van der Waals surface area contributed by atoms with E-state index in [9.17, 15) is 22.8 Å². The molecule has 0 aliphatic rings. The van der Waals surface area contributed by atoms with Gasteiger partial charge in [0.2, 0.25) is 5.91 Å². The Hall–Kier alpha value is -3.54. The van der Waals surface area contributed by atoms with Crippen LogP contribution in [0.1, 0.15) is 24.7 Å². The Morgan fingerprint density at radius 3 is 2.59 bits per heavy atom. The number of nitriles is 1. The van der Waals surface area contributed by atoms with Crippen LogP contribution in [-0.4, -0.2) is 11.8 Å². The molecule has 1 heterocycles. The molecular formula is C18H14F3N3O3. The third-order valence-corrected chi connectivity index (χ3v) is 3.39. The minimum absolute atomic E-state index is 0.0935. The number of carbonyl (C=O) groups is 2. The summed E-state index contributed by atoms with van der Waals surface area (Å²) >= 11 is 0. The van der Waals surface area contributed by atoms with Crippen LogP contribution in [0.5, 0.6) is 0 Å². The van der Waals surface area contributed by atoms with Crippen LogP contribution in [0, 0.1) is 11.3 Å². The van der Waals surface area contributed by atoms with E-state index in [2.05, 4.69) is 10.9 Å². The van der Waals surface area contributed by atoms with Crippen LogP contribution < -0.4 is 10.9 Å². The summed E-state index contributed by atoms with van der Waals surface area (Å²) in [6, 6.07) is 9.06. The van der Waals surface area contributed by atoms with Crippen molar-refractivity contribution in [2.24, 2.45) is 0 Å². The maximum atomic E-state index is 12.8. The van der Waals surface area contributed by atoms with Crippen molar-refractivity contribution in [1.82, 2.24) is 10.9 Å². The van der Waals surface area contributed by atoms with E-state index in [0.717, 1.165) is 18.2 Å². The molecule has 0 unspecified atom stereocenters. The highest BCUT2D eigenvalue weighted by molar-refractivity contribution is 6.02. The third-order valence-electron chi connectivity index (χ3n) is 3.39. The van der Waals surface area contributed by atoms with E-state index in [1.54, 1.807) is 13.0 Å². The number of nitrogens with one attached hydrogen (secondary N) is 2. The van der Waals surface area contributed by atoms with Crippen molar-refractivity contribution in [1.29, 1.82) is 5.26 Å². The number of hydrazine groups is 1. The quantitative estimate of drug-likeness (QED) is 0.485. The lowest BCUT2D eigenvalue weighted by atomic mass is 10.1. The SMILES string of the molecule is CCC(=O)NNC(=O)/C(C#N)=C/c1ccc(-c2cccc(C(F)(F)F)c2)o1. The Balaban J connectivity index is 2.21. The molecule has 9 heteroatoms. The van der Waals surface area contributed by atoms with Crippen molar-refractivity contribution < 1.29 is 27.2 Å². The van der Waals surface area contributed by atoms with Gasteiger partial charge in [0.25, 0.3) is 5.91 Å². The molecule has 0 atom stereocenters. The average molecular weight is 377 g/mol. The fourth-order valence-electron chi connectivity index (χ4n) is 2.01. The molecule has 1 aromatic carbocycles. The van der Waals surface area contributed by atoms with Gasteiger partial charge >= 0.3 is 6.18 Å². The standard InChI is InChI=1S/C18H14F3N3O3/c1-2-16(25)23-24-17(26)12(10-22)9-14-6-7-15(27-14)11-4-3-5-13(8-11)18(19,20)21/h3-9H,2H2,1H3,(H,23,25)(H,24,26)/b12-9+. The molecule has 0 fully saturated rings. The predicted molar refractivity (Wildman–Crippen MR) is 89.3 cm³/mol. The van der Waals surface area contributed by atoms with Crippen LogP contribution >= 0.6 is 0 Å². The molecule has 0 bridgehead atoms. The average Bonchev–Trinajstić information content (AvgIpc) is 3.12. The molecule has 27 heavy (non-hydrogen) atoms. The molecule has 2 aromatic rings. The lowest BCUT2D eigenvalue weighted by Crippen LogP contribution is -2.41. The summed E-state index contributed by atoms with van der Waals surface area (Å²) in [6.07, 6.45) is -3.23. The van der Waals surface area contributed by atoms with E-state index in [-0.39, 0.29) is 29.1 Å². The second-order valence-corrected chi connectivity index (χ2v) is 5.31. The number of halogens is 3. The van der Waals surface area contributed by atoms with E-state index < -0.39 is 23.6 Å². The number of hydrogen-bond donors (Lipinski definition) is 2. The maximum absolute atomic E-state index is 12.8. The predicted octanol–water partition coefficient (Wildman–Crippen LogP) is 3.43. The molecule has 0 spiro atoms. The van der Waals surface area contributed by atoms with Gasteiger partial charge in [-0.25, -0.2) is 0 Å². The number of furan rings is 1. The minimum atomic E-state index is -4.49. The molecule has 0 radical (unpaired) electrons. The van der Waals surface area contributed by atoms with Gasteiger partial charge in [0.15, 0.2) is 0 Å². The smallest absolute Gasteiger partial charge is 0.416 e. The summed E-state index contributed by atoms with van der Waals surface area (Å²) in [5.41, 5.74) is 3.21. The fourth-order valence-corrected chi connectivity index (χ4v) is 2.01. The number of benzene rings is 1. The molecule has 0 aliphatic heterocycles. The second kappa shape index (κ2) is 8.23. The number of hydrogen-bond acceptors (Lipinski definition) is 4. The summed E-state index contributed by atoms with van der Waals surface area (Å²) in [5.74, 6) is -1.05. The van der Waals surface area contributed by atoms with Crippen molar-refractivity contribution in [3.8, 4) is 17.4 Å². The van der Waals surface area contributed by atoms with Gasteiger partial charge in [0.05, 0.1) is 5.56 Å². The van der Waals surface area contributed by atoms with E-state index in [1.165, 1.54) is 24.3 Å². The molecule has 1 aromatic heterocycles. The van der Waals surface area contributed by atoms with E-state index >= 15 is 0 Å². The molecular weight excluding hydrogens is 363 g/mol. The Morgan fingerprint density at radius 2 is 1.96 bits per heavy atom. The Labute approximate surface area is 152 Å². The normalized spacial score (nSPS) is 11.6. The summed E-state index contributed by atoms with van der Waals surface area (Å²) in [5, 5.41) is 9.07.